The molecule has 3 nitrogen and oxygen atoms in total. The standard InChI is InChI=1S/C17H17FN2O/c1-19-16(9-11-4-2-3-5-14(11)18)12-6-7-15-13(8-12)10-17(21)20-15/h2-8,16,19H,9-10H2,1H3,(H,20,21). The van der Waals surface area contributed by atoms with Crippen LogP contribution in [-0.4, -0.2) is 13.0 Å². The van der Waals surface area contributed by atoms with Gasteiger partial charge in [-0.05, 0) is 42.3 Å². The number of hydrogen-bond acceptors (Lipinski definition) is 2. The summed E-state index contributed by atoms with van der Waals surface area (Å²) in [6.45, 7) is 0. The fourth-order valence-electron chi connectivity index (χ4n) is 2.74. The summed E-state index contributed by atoms with van der Waals surface area (Å²) in [6.07, 6.45) is 0.989. The SMILES string of the molecule is CNC(Cc1ccccc1F)c1ccc2c(c1)CC(=O)N2. The van der Waals surface area contributed by atoms with Crippen LogP contribution in [0.15, 0.2) is 42.5 Å². The summed E-state index contributed by atoms with van der Waals surface area (Å²) in [6, 6.07) is 12.8. The van der Waals surface area contributed by atoms with Crippen molar-refractivity contribution in [1.82, 2.24) is 5.32 Å². The van der Waals surface area contributed by atoms with Gasteiger partial charge >= 0.3 is 0 Å². The van der Waals surface area contributed by atoms with E-state index in [1.807, 2.05) is 31.3 Å². The molecule has 3 rings (SSSR count). The zero-order valence-corrected chi connectivity index (χ0v) is 11.8. The van der Waals surface area contributed by atoms with Gasteiger partial charge in [-0.25, -0.2) is 4.39 Å². The van der Waals surface area contributed by atoms with Gasteiger partial charge in [-0.3, -0.25) is 4.79 Å². The van der Waals surface area contributed by atoms with E-state index in [0.717, 1.165) is 16.8 Å². The van der Waals surface area contributed by atoms with E-state index in [1.165, 1.54) is 6.07 Å². The van der Waals surface area contributed by atoms with Gasteiger partial charge in [0.25, 0.3) is 0 Å². The molecule has 1 amide bonds. The Morgan fingerprint density at radius 1 is 1.29 bits per heavy atom. The summed E-state index contributed by atoms with van der Waals surface area (Å²) in [5, 5.41) is 6.05. The topological polar surface area (TPSA) is 41.1 Å². The highest BCUT2D eigenvalue weighted by Crippen LogP contribution is 2.28. The van der Waals surface area contributed by atoms with Crippen molar-refractivity contribution in [3.8, 4) is 0 Å². The normalized spacial score (nSPS) is 14.7. The van der Waals surface area contributed by atoms with Gasteiger partial charge in [-0.15, -0.1) is 0 Å². The third-order valence-electron chi connectivity index (χ3n) is 3.89. The van der Waals surface area contributed by atoms with Gasteiger partial charge in [0.15, 0.2) is 0 Å². The monoisotopic (exact) mass is 284 g/mol. The highest BCUT2D eigenvalue weighted by atomic mass is 19.1. The molecule has 4 heteroatoms. The molecule has 1 unspecified atom stereocenters. The Kier molecular flexibility index (Phi) is 3.71. The molecule has 0 radical (unpaired) electrons. The van der Waals surface area contributed by atoms with Gasteiger partial charge in [0.05, 0.1) is 6.42 Å². The molecule has 1 aliphatic rings. The zero-order chi connectivity index (χ0) is 14.8. The highest BCUT2D eigenvalue weighted by molar-refractivity contribution is 5.99. The second-order valence-electron chi connectivity index (χ2n) is 5.28. The fraction of sp³-hybridized carbons (Fsp3) is 0.235. The van der Waals surface area contributed by atoms with Crippen LogP contribution in [0.5, 0.6) is 0 Å². The molecule has 0 fully saturated rings. The molecule has 21 heavy (non-hydrogen) atoms. The van der Waals surface area contributed by atoms with E-state index in [0.29, 0.717) is 18.4 Å². The summed E-state index contributed by atoms with van der Waals surface area (Å²) < 4.78 is 13.8. The Bertz CT molecular complexity index is 684. The van der Waals surface area contributed by atoms with Crippen LogP contribution in [0.4, 0.5) is 10.1 Å². The quantitative estimate of drug-likeness (QED) is 0.906. The van der Waals surface area contributed by atoms with Crippen LogP contribution in [0.1, 0.15) is 22.7 Å². The lowest BCUT2D eigenvalue weighted by molar-refractivity contribution is -0.115. The lowest BCUT2D eigenvalue weighted by atomic mass is 9.96. The van der Waals surface area contributed by atoms with Crippen LogP contribution in [0.3, 0.4) is 0 Å². The summed E-state index contributed by atoms with van der Waals surface area (Å²) >= 11 is 0. The summed E-state index contributed by atoms with van der Waals surface area (Å²) in [4.78, 5) is 11.4. The number of anilines is 1. The van der Waals surface area contributed by atoms with Crippen molar-refractivity contribution in [2.75, 3.05) is 12.4 Å². The van der Waals surface area contributed by atoms with Gasteiger partial charge < -0.3 is 10.6 Å². The minimum atomic E-state index is -0.184. The first-order valence-electron chi connectivity index (χ1n) is 7.00. The fourth-order valence-corrected chi connectivity index (χ4v) is 2.74. The molecular formula is C17H17FN2O. The van der Waals surface area contributed by atoms with Crippen molar-refractivity contribution < 1.29 is 9.18 Å². The number of rotatable bonds is 4. The van der Waals surface area contributed by atoms with E-state index >= 15 is 0 Å². The number of fused-ring (bicyclic) bond motifs is 1. The van der Waals surface area contributed by atoms with Gasteiger partial charge in [0.1, 0.15) is 5.82 Å². The van der Waals surface area contributed by atoms with E-state index in [4.69, 9.17) is 0 Å². The molecular weight excluding hydrogens is 267 g/mol. The first-order valence-corrected chi connectivity index (χ1v) is 7.00. The Labute approximate surface area is 123 Å². The Hall–Kier alpha value is -2.20. The number of carbonyl (C=O) groups is 1. The largest absolute Gasteiger partial charge is 0.326 e. The highest BCUT2D eigenvalue weighted by Gasteiger charge is 2.20. The minimum absolute atomic E-state index is 0.0166. The molecule has 2 N–H and O–H groups in total. The van der Waals surface area contributed by atoms with Gasteiger partial charge in [0, 0.05) is 11.7 Å². The van der Waals surface area contributed by atoms with Gasteiger partial charge in [0.2, 0.25) is 5.91 Å². The average molecular weight is 284 g/mol. The molecule has 1 heterocycles. The van der Waals surface area contributed by atoms with Crippen molar-refractivity contribution >= 4 is 11.6 Å². The minimum Gasteiger partial charge on any atom is -0.326 e. The van der Waals surface area contributed by atoms with E-state index in [9.17, 15) is 9.18 Å². The smallest absolute Gasteiger partial charge is 0.228 e. The van der Waals surface area contributed by atoms with E-state index in [2.05, 4.69) is 10.6 Å². The summed E-state index contributed by atoms with van der Waals surface area (Å²) in [5.74, 6) is -0.159. The van der Waals surface area contributed by atoms with Crippen LogP contribution >= 0.6 is 0 Å². The summed E-state index contributed by atoms with van der Waals surface area (Å²) in [5.41, 5.74) is 3.64. The molecule has 2 aromatic rings. The van der Waals surface area contributed by atoms with Crippen molar-refractivity contribution in [1.29, 1.82) is 0 Å². The Balaban J connectivity index is 1.86. The number of likely N-dealkylation sites (N-methyl/N-ethyl adjacent to an activating group) is 1. The maximum absolute atomic E-state index is 13.8. The predicted molar refractivity (Wildman–Crippen MR) is 80.7 cm³/mol. The molecule has 0 saturated carbocycles. The zero-order valence-electron chi connectivity index (χ0n) is 11.8. The Morgan fingerprint density at radius 3 is 2.86 bits per heavy atom. The lowest BCUT2D eigenvalue weighted by Gasteiger charge is -2.18. The third-order valence-corrected chi connectivity index (χ3v) is 3.89. The molecule has 0 bridgehead atoms. The molecule has 2 aromatic carbocycles. The first-order chi connectivity index (χ1) is 10.2. The molecule has 1 atom stereocenters. The Morgan fingerprint density at radius 2 is 2.10 bits per heavy atom. The van der Waals surface area contributed by atoms with Crippen LogP contribution in [0, 0.1) is 5.82 Å². The third kappa shape index (κ3) is 2.81. The number of benzene rings is 2. The predicted octanol–water partition coefficient (Wildman–Crippen LogP) is 2.82. The average Bonchev–Trinajstić information content (AvgIpc) is 2.85. The van der Waals surface area contributed by atoms with Crippen LogP contribution in [0.2, 0.25) is 0 Å². The van der Waals surface area contributed by atoms with Crippen molar-refractivity contribution in [2.45, 2.75) is 18.9 Å². The van der Waals surface area contributed by atoms with E-state index < -0.39 is 0 Å². The van der Waals surface area contributed by atoms with Gasteiger partial charge in [-0.1, -0.05) is 30.3 Å². The maximum Gasteiger partial charge on any atom is 0.228 e. The summed E-state index contributed by atoms with van der Waals surface area (Å²) in [7, 11) is 1.86. The maximum atomic E-state index is 13.8. The molecule has 0 aromatic heterocycles. The van der Waals surface area contributed by atoms with E-state index in [1.54, 1.807) is 12.1 Å². The van der Waals surface area contributed by atoms with Crippen LogP contribution < -0.4 is 10.6 Å². The van der Waals surface area contributed by atoms with Crippen molar-refractivity contribution in [2.24, 2.45) is 0 Å². The number of nitrogens with one attached hydrogen (secondary N) is 2. The van der Waals surface area contributed by atoms with Crippen LogP contribution in [0.25, 0.3) is 0 Å². The second kappa shape index (κ2) is 5.66. The number of amides is 1. The van der Waals surface area contributed by atoms with Crippen molar-refractivity contribution in [3.05, 3.63) is 65.0 Å². The number of halogens is 1. The van der Waals surface area contributed by atoms with Gasteiger partial charge in [-0.2, -0.15) is 0 Å². The number of hydrogen-bond donors (Lipinski definition) is 2. The molecule has 0 spiro atoms. The molecule has 108 valence electrons. The molecule has 0 saturated heterocycles. The molecule has 1 aliphatic heterocycles. The van der Waals surface area contributed by atoms with Crippen LogP contribution in [-0.2, 0) is 17.6 Å². The second-order valence-corrected chi connectivity index (χ2v) is 5.28. The first kappa shape index (κ1) is 13.8. The molecule has 0 aliphatic carbocycles. The van der Waals surface area contributed by atoms with Crippen molar-refractivity contribution in [3.63, 3.8) is 0 Å². The van der Waals surface area contributed by atoms with E-state index in [-0.39, 0.29) is 17.8 Å². The lowest BCUT2D eigenvalue weighted by Crippen LogP contribution is -2.19. The number of carbonyl (C=O) groups excluding carboxylic acids is 1.